The quantitative estimate of drug-likeness (QED) is 0.533. The summed E-state index contributed by atoms with van der Waals surface area (Å²) >= 11 is 0. The van der Waals surface area contributed by atoms with Crippen LogP contribution >= 0.6 is 0 Å². The summed E-state index contributed by atoms with van der Waals surface area (Å²) in [4.78, 5) is 0. The lowest BCUT2D eigenvalue weighted by Gasteiger charge is -2.41. The van der Waals surface area contributed by atoms with E-state index in [9.17, 15) is 0 Å². The molecule has 1 aliphatic rings. The van der Waals surface area contributed by atoms with E-state index < -0.39 is 0 Å². The summed E-state index contributed by atoms with van der Waals surface area (Å²) < 4.78 is 0. The zero-order chi connectivity index (χ0) is 6.85. The topological polar surface area (TPSA) is 0 Å². The Kier molecular flexibility index (Phi) is 2.15. The molecular weight excluding hydrogens is 108 g/mol. The van der Waals surface area contributed by atoms with Crippen molar-refractivity contribution in [3.05, 3.63) is 0 Å². The third kappa shape index (κ3) is 1.28. The molecule has 0 radical (unpaired) electrons. The van der Waals surface area contributed by atoms with Crippen molar-refractivity contribution in [2.24, 2.45) is 17.8 Å². The first-order valence-corrected chi connectivity index (χ1v) is 4.25. The van der Waals surface area contributed by atoms with Gasteiger partial charge in [-0.2, -0.15) is 0 Å². The van der Waals surface area contributed by atoms with Crippen LogP contribution in [0.3, 0.4) is 0 Å². The van der Waals surface area contributed by atoms with Gasteiger partial charge < -0.3 is 0 Å². The van der Waals surface area contributed by atoms with Crippen molar-refractivity contribution < 1.29 is 0 Å². The molecule has 0 heteroatoms. The van der Waals surface area contributed by atoms with Gasteiger partial charge in [0.05, 0.1) is 0 Å². The van der Waals surface area contributed by atoms with E-state index in [2.05, 4.69) is 20.8 Å². The zero-order valence-electron chi connectivity index (χ0n) is 6.85. The van der Waals surface area contributed by atoms with Gasteiger partial charge in [-0.15, -0.1) is 0 Å². The molecule has 0 saturated heterocycles. The van der Waals surface area contributed by atoms with E-state index in [1.807, 2.05) is 0 Å². The lowest BCUT2D eigenvalue weighted by atomic mass is 9.65. The molecule has 2 atom stereocenters. The Morgan fingerprint density at radius 3 is 2.00 bits per heavy atom. The van der Waals surface area contributed by atoms with Crippen molar-refractivity contribution in [2.45, 2.75) is 40.0 Å². The Hall–Kier alpha value is 0. The molecule has 1 rings (SSSR count). The Morgan fingerprint density at radius 2 is 1.78 bits per heavy atom. The average molecular weight is 126 g/mol. The maximum atomic E-state index is 2.39. The van der Waals surface area contributed by atoms with Crippen molar-refractivity contribution in [1.29, 1.82) is 0 Å². The van der Waals surface area contributed by atoms with E-state index in [1.54, 1.807) is 0 Å². The highest BCUT2D eigenvalue weighted by molar-refractivity contribution is 4.82. The van der Waals surface area contributed by atoms with Gasteiger partial charge in [-0.25, -0.2) is 0 Å². The van der Waals surface area contributed by atoms with Crippen LogP contribution < -0.4 is 0 Å². The third-order valence-electron chi connectivity index (χ3n) is 2.83. The summed E-state index contributed by atoms with van der Waals surface area (Å²) in [5, 5.41) is 0. The monoisotopic (exact) mass is 126 g/mol. The van der Waals surface area contributed by atoms with Gasteiger partial charge in [0.15, 0.2) is 0 Å². The standard InChI is InChI=1S/C9H18/c1-4-5-9-7(2)6-8(9)3/h7-9H,4-6H2,1-3H3. The van der Waals surface area contributed by atoms with Gasteiger partial charge in [0.2, 0.25) is 0 Å². The SMILES string of the molecule is CCCC1C(C)CC1C. The van der Waals surface area contributed by atoms with Crippen LogP contribution in [0.2, 0.25) is 0 Å². The molecule has 1 saturated carbocycles. The second-order valence-corrected chi connectivity index (χ2v) is 3.64. The van der Waals surface area contributed by atoms with Gasteiger partial charge in [0, 0.05) is 0 Å². The van der Waals surface area contributed by atoms with Crippen LogP contribution in [0.1, 0.15) is 40.0 Å². The highest BCUT2D eigenvalue weighted by Crippen LogP contribution is 2.42. The van der Waals surface area contributed by atoms with E-state index in [1.165, 1.54) is 19.3 Å². The van der Waals surface area contributed by atoms with Crippen LogP contribution in [0.15, 0.2) is 0 Å². The van der Waals surface area contributed by atoms with Crippen LogP contribution in [0.5, 0.6) is 0 Å². The Morgan fingerprint density at radius 1 is 1.22 bits per heavy atom. The van der Waals surface area contributed by atoms with Crippen LogP contribution in [0, 0.1) is 17.8 Å². The first-order chi connectivity index (χ1) is 4.25. The Balaban J connectivity index is 2.22. The lowest BCUT2D eigenvalue weighted by Crippen LogP contribution is -2.32. The lowest BCUT2D eigenvalue weighted by molar-refractivity contribution is 0.0918. The van der Waals surface area contributed by atoms with E-state index in [-0.39, 0.29) is 0 Å². The number of hydrogen-bond acceptors (Lipinski definition) is 0. The molecule has 0 aromatic rings. The summed E-state index contributed by atoms with van der Waals surface area (Å²) in [6.45, 7) is 7.07. The molecular formula is C9H18. The fourth-order valence-corrected chi connectivity index (χ4v) is 2.20. The molecule has 0 aromatic heterocycles. The molecule has 0 bridgehead atoms. The second-order valence-electron chi connectivity index (χ2n) is 3.64. The molecule has 9 heavy (non-hydrogen) atoms. The highest BCUT2D eigenvalue weighted by Gasteiger charge is 2.33. The molecule has 0 amide bonds. The molecule has 1 fully saturated rings. The summed E-state index contributed by atoms with van der Waals surface area (Å²) in [5.74, 6) is 3.12. The smallest absolute Gasteiger partial charge is 0.0363 e. The van der Waals surface area contributed by atoms with Crippen LogP contribution in [-0.4, -0.2) is 0 Å². The van der Waals surface area contributed by atoms with E-state index in [4.69, 9.17) is 0 Å². The summed E-state index contributed by atoms with van der Waals surface area (Å²) in [6.07, 6.45) is 4.31. The Bertz CT molecular complexity index is 78.0. The number of hydrogen-bond donors (Lipinski definition) is 0. The molecule has 2 unspecified atom stereocenters. The van der Waals surface area contributed by atoms with Gasteiger partial charge in [-0.05, 0) is 24.2 Å². The first-order valence-electron chi connectivity index (χ1n) is 4.25. The summed E-state index contributed by atoms with van der Waals surface area (Å²) in [7, 11) is 0. The highest BCUT2D eigenvalue weighted by atomic mass is 14.4. The van der Waals surface area contributed by atoms with Crippen LogP contribution in [0.25, 0.3) is 0 Å². The minimum absolute atomic E-state index is 1.03. The molecule has 0 N–H and O–H groups in total. The van der Waals surface area contributed by atoms with Gasteiger partial charge in [0.1, 0.15) is 0 Å². The van der Waals surface area contributed by atoms with Crippen LogP contribution in [-0.2, 0) is 0 Å². The second kappa shape index (κ2) is 2.72. The molecule has 0 heterocycles. The van der Waals surface area contributed by atoms with E-state index in [0.29, 0.717) is 0 Å². The summed E-state index contributed by atoms with van der Waals surface area (Å²) in [6, 6.07) is 0. The normalized spacial score (nSPS) is 42.3. The van der Waals surface area contributed by atoms with Crippen molar-refractivity contribution in [3.8, 4) is 0 Å². The fraction of sp³-hybridized carbons (Fsp3) is 1.00. The molecule has 0 aliphatic heterocycles. The zero-order valence-corrected chi connectivity index (χ0v) is 6.85. The van der Waals surface area contributed by atoms with E-state index in [0.717, 1.165) is 17.8 Å². The van der Waals surface area contributed by atoms with Crippen molar-refractivity contribution in [2.75, 3.05) is 0 Å². The fourth-order valence-electron chi connectivity index (χ4n) is 2.20. The van der Waals surface area contributed by atoms with Crippen molar-refractivity contribution >= 4 is 0 Å². The maximum absolute atomic E-state index is 2.39. The summed E-state index contributed by atoms with van der Waals surface area (Å²) in [5.41, 5.74) is 0. The third-order valence-corrected chi connectivity index (χ3v) is 2.83. The number of rotatable bonds is 2. The predicted molar refractivity (Wildman–Crippen MR) is 41.3 cm³/mol. The van der Waals surface area contributed by atoms with E-state index >= 15 is 0 Å². The van der Waals surface area contributed by atoms with Gasteiger partial charge in [-0.1, -0.05) is 33.6 Å². The van der Waals surface area contributed by atoms with Crippen LogP contribution in [0.4, 0.5) is 0 Å². The van der Waals surface area contributed by atoms with Crippen molar-refractivity contribution in [1.82, 2.24) is 0 Å². The minimum Gasteiger partial charge on any atom is -0.0654 e. The molecule has 1 aliphatic carbocycles. The molecule has 0 nitrogen and oxygen atoms in total. The molecule has 54 valence electrons. The molecule has 0 aromatic carbocycles. The van der Waals surface area contributed by atoms with Gasteiger partial charge >= 0.3 is 0 Å². The maximum Gasteiger partial charge on any atom is -0.0363 e. The van der Waals surface area contributed by atoms with Gasteiger partial charge in [-0.3, -0.25) is 0 Å². The Labute approximate surface area is 58.7 Å². The van der Waals surface area contributed by atoms with Crippen molar-refractivity contribution in [3.63, 3.8) is 0 Å². The minimum atomic E-state index is 1.03. The first kappa shape index (κ1) is 7.11. The van der Waals surface area contributed by atoms with Gasteiger partial charge in [0.25, 0.3) is 0 Å². The average Bonchev–Trinajstić information content (AvgIpc) is 1.84. The predicted octanol–water partition coefficient (Wildman–Crippen LogP) is 3.08. The molecule has 0 spiro atoms. The largest absolute Gasteiger partial charge is 0.0654 e.